The van der Waals surface area contributed by atoms with Crippen LogP contribution in [0.4, 0.5) is 0 Å². The van der Waals surface area contributed by atoms with Crippen LogP contribution in [0.5, 0.6) is 0 Å². The Labute approximate surface area is 56.2 Å². The summed E-state index contributed by atoms with van der Waals surface area (Å²) in [6.45, 7) is 2.86. The first kappa shape index (κ1) is 8.16. The van der Waals surface area contributed by atoms with Crippen LogP contribution < -0.4 is 0 Å². The van der Waals surface area contributed by atoms with Crippen LogP contribution in [0, 0.1) is 11.3 Å². The molecule has 0 atom stereocenters. The SMILES string of the molecule is CCC=NCCCC#N. The van der Waals surface area contributed by atoms with Crippen molar-refractivity contribution in [2.45, 2.75) is 26.2 Å². The minimum absolute atomic E-state index is 0.626. The molecule has 0 saturated heterocycles. The molecule has 0 aliphatic heterocycles. The molecule has 0 spiro atoms. The van der Waals surface area contributed by atoms with Crippen LogP contribution in [0.3, 0.4) is 0 Å². The van der Waals surface area contributed by atoms with Gasteiger partial charge in [-0.2, -0.15) is 5.26 Å². The molecule has 2 nitrogen and oxygen atoms in total. The van der Waals surface area contributed by atoms with Crippen LogP contribution in [0.2, 0.25) is 0 Å². The van der Waals surface area contributed by atoms with Gasteiger partial charge in [-0.25, -0.2) is 0 Å². The molecule has 0 radical (unpaired) electrons. The molecule has 0 rings (SSSR count). The van der Waals surface area contributed by atoms with Gasteiger partial charge in [0, 0.05) is 13.0 Å². The molecule has 0 N–H and O–H groups in total. The number of hydrogen-bond donors (Lipinski definition) is 0. The van der Waals surface area contributed by atoms with E-state index in [0.717, 1.165) is 19.4 Å². The summed E-state index contributed by atoms with van der Waals surface area (Å²) in [7, 11) is 0. The zero-order chi connectivity index (χ0) is 6.95. The molecule has 9 heavy (non-hydrogen) atoms. The monoisotopic (exact) mass is 124 g/mol. The van der Waals surface area contributed by atoms with Crippen molar-refractivity contribution in [2.75, 3.05) is 6.54 Å². The van der Waals surface area contributed by atoms with Gasteiger partial charge in [-0.1, -0.05) is 6.92 Å². The third-order valence-corrected chi connectivity index (χ3v) is 0.887. The normalized spacial score (nSPS) is 9.78. The van der Waals surface area contributed by atoms with Crippen molar-refractivity contribution >= 4 is 6.21 Å². The van der Waals surface area contributed by atoms with Crippen LogP contribution in [-0.2, 0) is 0 Å². The van der Waals surface area contributed by atoms with Gasteiger partial charge in [-0.15, -0.1) is 0 Å². The summed E-state index contributed by atoms with van der Waals surface area (Å²) >= 11 is 0. The van der Waals surface area contributed by atoms with Crippen LogP contribution >= 0.6 is 0 Å². The zero-order valence-corrected chi connectivity index (χ0v) is 5.80. The molecule has 0 bridgehead atoms. The summed E-state index contributed by atoms with van der Waals surface area (Å²) in [5.41, 5.74) is 0. The molecule has 0 heterocycles. The smallest absolute Gasteiger partial charge is 0.0622 e. The largest absolute Gasteiger partial charge is 0.298 e. The lowest BCUT2D eigenvalue weighted by Gasteiger charge is -1.84. The van der Waals surface area contributed by atoms with E-state index >= 15 is 0 Å². The summed E-state index contributed by atoms with van der Waals surface area (Å²) in [5.74, 6) is 0. The summed E-state index contributed by atoms with van der Waals surface area (Å²) < 4.78 is 0. The highest BCUT2D eigenvalue weighted by atomic mass is 14.7. The quantitative estimate of drug-likeness (QED) is 0.415. The Kier molecular flexibility index (Phi) is 6.49. The minimum atomic E-state index is 0.626. The Morgan fingerprint density at radius 2 is 2.44 bits per heavy atom. The second-order valence-electron chi connectivity index (χ2n) is 1.76. The maximum atomic E-state index is 8.12. The Hall–Kier alpha value is -0.840. The van der Waals surface area contributed by atoms with Crippen LogP contribution in [-0.4, -0.2) is 12.8 Å². The second-order valence-corrected chi connectivity index (χ2v) is 1.76. The van der Waals surface area contributed by atoms with E-state index in [4.69, 9.17) is 5.26 Å². The number of nitriles is 1. The average molecular weight is 124 g/mol. The first-order valence-electron chi connectivity index (χ1n) is 3.27. The van der Waals surface area contributed by atoms with Crippen LogP contribution in [0.15, 0.2) is 4.99 Å². The van der Waals surface area contributed by atoms with E-state index in [1.165, 1.54) is 0 Å². The maximum absolute atomic E-state index is 8.12. The molecular weight excluding hydrogens is 112 g/mol. The topological polar surface area (TPSA) is 36.1 Å². The van der Waals surface area contributed by atoms with Gasteiger partial charge in [0.2, 0.25) is 0 Å². The fourth-order valence-electron chi connectivity index (χ4n) is 0.470. The fraction of sp³-hybridized carbons (Fsp3) is 0.714. The lowest BCUT2D eigenvalue weighted by atomic mass is 10.3. The molecule has 50 valence electrons. The van der Waals surface area contributed by atoms with E-state index in [0.29, 0.717) is 6.42 Å². The molecule has 0 unspecified atom stereocenters. The fourth-order valence-corrected chi connectivity index (χ4v) is 0.470. The van der Waals surface area contributed by atoms with Crippen LogP contribution in [0.25, 0.3) is 0 Å². The van der Waals surface area contributed by atoms with Crippen molar-refractivity contribution in [3.8, 4) is 6.07 Å². The lowest BCUT2D eigenvalue weighted by Crippen LogP contribution is -1.79. The van der Waals surface area contributed by atoms with Crippen molar-refractivity contribution in [1.82, 2.24) is 0 Å². The van der Waals surface area contributed by atoms with E-state index in [-0.39, 0.29) is 0 Å². The summed E-state index contributed by atoms with van der Waals surface area (Å²) in [6.07, 6.45) is 4.40. The molecule has 0 saturated carbocycles. The average Bonchev–Trinajstić information content (AvgIpc) is 1.89. The van der Waals surface area contributed by atoms with Crippen molar-refractivity contribution < 1.29 is 0 Å². The number of aliphatic imine (C=N–C) groups is 1. The number of unbranched alkanes of at least 4 members (excludes halogenated alkanes) is 1. The Morgan fingerprint density at radius 3 is 3.00 bits per heavy atom. The van der Waals surface area contributed by atoms with E-state index in [9.17, 15) is 0 Å². The molecule has 0 aromatic carbocycles. The van der Waals surface area contributed by atoms with Crippen molar-refractivity contribution in [1.29, 1.82) is 5.26 Å². The second kappa shape index (κ2) is 7.16. The van der Waals surface area contributed by atoms with E-state index < -0.39 is 0 Å². The van der Waals surface area contributed by atoms with Crippen LogP contribution in [0.1, 0.15) is 26.2 Å². The first-order valence-corrected chi connectivity index (χ1v) is 3.27. The summed E-state index contributed by atoms with van der Waals surface area (Å²) in [5, 5.41) is 8.12. The molecule has 0 amide bonds. The van der Waals surface area contributed by atoms with Gasteiger partial charge in [0.15, 0.2) is 0 Å². The van der Waals surface area contributed by atoms with E-state index in [1.54, 1.807) is 0 Å². The van der Waals surface area contributed by atoms with Gasteiger partial charge in [0.25, 0.3) is 0 Å². The minimum Gasteiger partial charge on any atom is -0.298 e. The predicted molar refractivity (Wildman–Crippen MR) is 38.5 cm³/mol. The van der Waals surface area contributed by atoms with Gasteiger partial charge in [0.05, 0.1) is 6.07 Å². The first-order chi connectivity index (χ1) is 4.41. The van der Waals surface area contributed by atoms with E-state index in [1.807, 2.05) is 13.1 Å². The summed E-state index contributed by atoms with van der Waals surface area (Å²) in [6, 6.07) is 2.07. The van der Waals surface area contributed by atoms with Gasteiger partial charge in [0.1, 0.15) is 0 Å². The molecule has 0 aromatic heterocycles. The number of rotatable bonds is 4. The Bertz CT molecular complexity index is 111. The molecular formula is C7H12N2. The van der Waals surface area contributed by atoms with Gasteiger partial charge < -0.3 is 0 Å². The van der Waals surface area contributed by atoms with Gasteiger partial charge in [-0.3, -0.25) is 4.99 Å². The lowest BCUT2D eigenvalue weighted by molar-refractivity contribution is 0.863. The van der Waals surface area contributed by atoms with E-state index in [2.05, 4.69) is 11.1 Å². The summed E-state index contributed by atoms with van der Waals surface area (Å²) in [4.78, 5) is 4.05. The third kappa shape index (κ3) is 7.16. The highest BCUT2D eigenvalue weighted by Crippen LogP contribution is 1.85. The van der Waals surface area contributed by atoms with Crippen molar-refractivity contribution in [2.24, 2.45) is 4.99 Å². The van der Waals surface area contributed by atoms with Gasteiger partial charge in [-0.05, 0) is 19.1 Å². The molecule has 0 fully saturated rings. The maximum Gasteiger partial charge on any atom is 0.0622 e. The molecule has 2 heteroatoms. The molecule has 0 aliphatic carbocycles. The third-order valence-electron chi connectivity index (χ3n) is 0.887. The Morgan fingerprint density at radius 1 is 1.67 bits per heavy atom. The standard InChI is InChI=1S/C7H12N2/c1-2-6-9-7-4-3-5-8/h6H,2-4,7H2,1H3. The Balaban J connectivity index is 2.92. The highest BCUT2D eigenvalue weighted by Gasteiger charge is 1.79. The zero-order valence-electron chi connectivity index (χ0n) is 5.80. The predicted octanol–water partition coefficient (Wildman–Crippen LogP) is 1.77. The van der Waals surface area contributed by atoms with Crippen molar-refractivity contribution in [3.05, 3.63) is 0 Å². The number of nitrogens with zero attached hydrogens (tertiary/aromatic N) is 2. The molecule has 0 aliphatic rings. The number of hydrogen-bond acceptors (Lipinski definition) is 2. The molecule has 0 aromatic rings. The highest BCUT2D eigenvalue weighted by molar-refractivity contribution is 5.56. The van der Waals surface area contributed by atoms with Crippen molar-refractivity contribution in [3.63, 3.8) is 0 Å². The van der Waals surface area contributed by atoms with Gasteiger partial charge >= 0.3 is 0 Å².